The van der Waals surface area contributed by atoms with Crippen molar-refractivity contribution in [2.24, 2.45) is 7.05 Å². The molecule has 0 aliphatic carbocycles. The number of hydrogen-bond acceptors (Lipinski definition) is 2. The second kappa shape index (κ2) is 5.48. The van der Waals surface area contributed by atoms with Crippen LogP contribution in [-0.4, -0.2) is 15.6 Å². The lowest BCUT2D eigenvalue weighted by Crippen LogP contribution is -2.02. The van der Waals surface area contributed by atoms with Crippen molar-refractivity contribution in [3.63, 3.8) is 0 Å². The van der Waals surface area contributed by atoms with Gasteiger partial charge in [0.1, 0.15) is 0 Å². The third-order valence-corrected chi connectivity index (χ3v) is 3.94. The number of hydrogen-bond donors (Lipinski definition) is 0. The highest BCUT2D eigenvalue weighted by molar-refractivity contribution is 9.10. The van der Waals surface area contributed by atoms with E-state index in [1.807, 2.05) is 38.4 Å². The number of carbonyl (C=O) groups is 1. The Morgan fingerprint density at radius 2 is 2.22 bits per heavy atom. The molecule has 1 aromatic heterocycles. The lowest BCUT2D eigenvalue weighted by atomic mass is 10.0. The Labute approximate surface area is 115 Å². The van der Waals surface area contributed by atoms with Gasteiger partial charge in [-0.2, -0.15) is 5.10 Å². The molecule has 0 spiro atoms. The summed E-state index contributed by atoms with van der Waals surface area (Å²) in [6, 6.07) is 5.77. The minimum atomic E-state index is 0.162. The molecule has 94 valence electrons. The number of ketones is 1. The molecule has 0 atom stereocenters. The normalized spacial score (nSPS) is 10.6. The van der Waals surface area contributed by atoms with Crippen LogP contribution < -0.4 is 0 Å². The van der Waals surface area contributed by atoms with Gasteiger partial charge in [0.15, 0.2) is 5.78 Å². The molecule has 0 saturated heterocycles. The molecule has 1 aromatic carbocycles. The zero-order chi connectivity index (χ0) is 13.1. The standard InChI is InChI=1S/C14H15BrN2O/c1-10-4-3-5-12(14(10)15)13(18)7-6-11-8-16-17(2)9-11/h3-5,8-9H,6-7H2,1-2H3. The summed E-state index contributed by atoms with van der Waals surface area (Å²) >= 11 is 3.47. The van der Waals surface area contributed by atoms with E-state index in [2.05, 4.69) is 21.0 Å². The largest absolute Gasteiger partial charge is 0.294 e. The molecular formula is C14H15BrN2O. The number of Topliss-reactive ketones (excluding diaryl/α,β-unsaturated/α-hetero) is 1. The van der Waals surface area contributed by atoms with Gasteiger partial charge in [-0.05, 0) is 40.4 Å². The maximum atomic E-state index is 12.1. The second-order valence-corrected chi connectivity index (χ2v) is 5.17. The smallest absolute Gasteiger partial charge is 0.164 e. The molecule has 2 aromatic rings. The molecule has 0 amide bonds. The zero-order valence-corrected chi connectivity index (χ0v) is 12.1. The van der Waals surface area contributed by atoms with Crippen molar-refractivity contribution < 1.29 is 4.79 Å². The Balaban J connectivity index is 2.06. The highest BCUT2D eigenvalue weighted by atomic mass is 79.9. The summed E-state index contributed by atoms with van der Waals surface area (Å²) < 4.78 is 2.66. The van der Waals surface area contributed by atoms with Crippen LogP contribution in [0.25, 0.3) is 0 Å². The summed E-state index contributed by atoms with van der Waals surface area (Å²) in [6.07, 6.45) is 4.98. The first kappa shape index (κ1) is 13.0. The van der Waals surface area contributed by atoms with E-state index in [4.69, 9.17) is 0 Å². The van der Waals surface area contributed by atoms with Crippen LogP contribution >= 0.6 is 15.9 Å². The Morgan fingerprint density at radius 3 is 2.89 bits per heavy atom. The fourth-order valence-electron chi connectivity index (χ4n) is 1.86. The topological polar surface area (TPSA) is 34.9 Å². The van der Waals surface area contributed by atoms with Gasteiger partial charge in [-0.3, -0.25) is 9.48 Å². The Hall–Kier alpha value is -1.42. The molecule has 0 aliphatic rings. The van der Waals surface area contributed by atoms with E-state index in [1.165, 1.54) is 0 Å². The summed E-state index contributed by atoms with van der Waals surface area (Å²) in [6.45, 7) is 1.99. The van der Waals surface area contributed by atoms with Crippen LogP contribution in [0.5, 0.6) is 0 Å². The Morgan fingerprint density at radius 1 is 1.44 bits per heavy atom. The molecule has 1 heterocycles. The molecule has 3 nitrogen and oxygen atoms in total. The number of benzene rings is 1. The lowest BCUT2D eigenvalue weighted by molar-refractivity contribution is 0.0982. The third-order valence-electron chi connectivity index (χ3n) is 2.89. The van der Waals surface area contributed by atoms with E-state index < -0.39 is 0 Å². The van der Waals surface area contributed by atoms with Gasteiger partial charge >= 0.3 is 0 Å². The number of nitrogens with zero attached hydrogens (tertiary/aromatic N) is 2. The first-order chi connectivity index (χ1) is 8.58. The number of halogens is 1. The average molecular weight is 307 g/mol. The molecule has 0 saturated carbocycles. The first-order valence-corrected chi connectivity index (χ1v) is 6.63. The molecule has 0 fully saturated rings. The van der Waals surface area contributed by atoms with E-state index in [0.717, 1.165) is 27.6 Å². The van der Waals surface area contributed by atoms with E-state index >= 15 is 0 Å². The van der Waals surface area contributed by atoms with Crippen molar-refractivity contribution in [2.45, 2.75) is 19.8 Å². The molecule has 4 heteroatoms. The van der Waals surface area contributed by atoms with E-state index in [1.54, 1.807) is 10.9 Å². The van der Waals surface area contributed by atoms with Gasteiger partial charge in [0.25, 0.3) is 0 Å². The van der Waals surface area contributed by atoms with Crippen molar-refractivity contribution in [3.8, 4) is 0 Å². The van der Waals surface area contributed by atoms with Crippen LogP contribution in [0.2, 0.25) is 0 Å². The van der Waals surface area contributed by atoms with Crippen LogP contribution in [0.3, 0.4) is 0 Å². The summed E-state index contributed by atoms with van der Waals surface area (Å²) in [5.41, 5.74) is 2.94. The molecule has 0 radical (unpaired) electrons. The number of aromatic nitrogens is 2. The quantitative estimate of drug-likeness (QED) is 0.812. The Kier molecular flexibility index (Phi) is 3.97. The van der Waals surface area contributed by atoms with Crippen molar-refractivity contribution in [3.05, 3.63) is 51.8 Å². The van der Waals surface area contributed by atoms with Crippen molar-refractivity contribution in [1.82, 2.24) is 9.78 Å². The van der Waals surface area contributed by atoms with Crippen molar-refractivity contribution in [1.29, 1.82) is 0 Å². The second-order valence-electron chi connectivity index (χ2n) is 4.38. The maximum absolute atomic E-state index is 12.1. The average Bonchev–Trinajstić information content (AvgIpc) is 2.76. The number of carbonyl (C=O) groups excluding carboxylic acids is 1. The van der Waals surface area contributed by atoms with Crippen LogP contribution in [-0.2, 0) is 13.5 Å². The summed E-state index contributed by atoms with van der Waals surface area (Å²) in [7, 11) is 1.88. The van der Waals surface area contributed by atoms with Crippen LogP contribution in [0, 0.1) is 6.92 Å². The zero-order valence-electron chi connectivity index (χ0n) is 10.5. The Bertz CT molecular complexity index is 575. The SMILES string of the molecule is Cc1cccc(C(=O)CCc2cnn(C)c2)c1Br. The molecule has 18 heavy (non-hydrogen) atoms. The lowest BCUT2D eigenvalue weighted by Gasteiger charge is -2.05. The summed E-state index contributed by atoms with van der Waals surface area (Å²) in [5.74, 6) is 0.162. The van der Waals surface area contributed by atoms with Gasteiger partial charge in [-0.25, -0.2) is 0 Å². The van der Waals surface area contributed by atoms with E-state index in [9.17, 15) is 4.79 Å². The van der Waals surface area contributed by atoms with E-state index in [0.29, 0.717) is 6.42 Å². The fourth-order valence-corrected chi connectivity index (χ4v) is 2.34. The van der Waals surface area contributed by atoms with Gasteiger partial charge in [0.2, 0.25) is 0 Å². The minimum Gasteiger partial charge on any atom is -0.294 e. The van der Waals surface area contributed by atoms with Gasteiger partial charge in [-0.1, -0.05) is 18.2 Å². The van der Waals surface area contributed by atoms with Gasteiger partial charge in [0.05, 0.1) is 6.20 Å². The van der Waals surface area contributed by atoms with Gasteiger partial charge in [0, 0.05) is 29.7 Å². The highest BCUT2D eigenvalue weighted by Gasteiger charge is 2.11. The monoisotopic (exact) mass is 306 g/mol. The maximum Gasteiger partial charge on any atom is 0.164 e. The van der Waals surface area contributed by atoms with Crippen LogP contribution in [0.15, 0.2) is 35.1 Å². The third kappa shape index (κ3) is 2.88. The first-order valence-electron chi connectivity index (χ1n) is 5.84. The molecule has 0 bridgehead atoms. The predicted octanol–water partition coefficient (Wildman–Crippen LogP) is 3.31. The van der Waals surface area contributed by atoms with Crippen LogP contribution in [0.4, 0.5) is 0 Å². The highest BCUT2D eigenvalue weighted by Crippen LogP contribution is 2.22. The van der Waals surface area contributed by atoms with E-state index in [-0.39, 0.29) is 5.78 Å². The fraction of sp³-hybridized carbons (Fsp3) is 0.286. The van der Waals surface area contributed by atoms with Crippen molar-refractivity contribution >= 4 is 21.7 Å². The summed E-state index contributed by atoms with van der Waals surface area (Å²) in [5, 5.41) is 4.10. The van der Waals surface area contributed by atoms with Crippen molar-refractivity contribution in [2.75, 3.05) is 0 Å². The molecule has 0 aliphatic heterocycles. The predicted molar refractivity (Wildman–Crippen MR) is 74.7 cm³/mol. The summed E-state index contributed by atoms with van der Waals surface area (Å²) in [4.78, 5) is 12.1. The van der Waals surface area contributed by atoms with Crippen LogP contribution in [0.1, 0.15) is 27.9 Å². The molecule has 0 unspecified atom stereocenters. The van der Waals surface area contributed by atoms with Gasteiger partial charge < -0.3 is 0 Å². The minimum absolute atomic E-state index is 0.162. The van der Waals surface area contributed by atoms with Gasteiger partial charge in [-0.15, -0.1) is 0 Å². The number of rotatable bonds is 4. The molecule has 0 N–H and O–H groups in total. The molecular weight excluding hydrogens is 292 g/mol. The molecule has 2 rings (SSSR count). The number of aryl methyl sites for hydroxylation is 3.